The lowest BCUT2D eigenvalue weighted by Gasteiger charge is -2.30. The third-order valence-electron chi connectivity index (χ3n) is 5.33. The maximum absolute atomic E-state index is 12.9. The number of hydrogen-bond donors (Lipinski definition) is 0. The minimum Gasteiger partial charge on any atom is -0.335 e. The Morgan fingerprint density at radius 1 is 1.19 bits per heavy atom. The predicted octanol–water partition coefficient (Wildman–Crippen LogP) is 4.31. The van der Waals surface area contributed by atoms with Crippen LogP contribution in [0.2, 0.25) is 0 Å². The van der Waals surface area contributed by atoms with E-state index >= 15 is 0 Å². The maximum atomic E-state index is 12.9. The highest BCUT2D eigenvalue weighted by atomic mass is 16.2. The predicted molar refractivity (Wildman–Crippen MR) is 85.9 cm³/mol. The smallest absolute Gasteiger partial charge is 0.226 e. The Labute approximate surface area is 128 Å². The van der Waals surface area contributed by atoms with Crippen molar-refractivity contribution in [2.75, 3.05) is 0 Å². The van der Waals surface area contributed by atoms with Crippen LogP contribution in [0, 0.1) is 18.3 Å². The van der Waals surface area contributed by atoms with Crippen LogP contribution >= 0.6 is 0 Å². The molecule has 1 aromatic rings. The highest BCUT2D eigenvalue weighted by Gasteiger charge is 2.52. The summed E-state index contributed by atoms with van der Waals surface area (Å²) < 4.78 is 0. The van der Waals surface area contributed by atoms with Crippen molar-refractivity contribution in [2.24, 2.45) is 11.3 Å². The summed E-state index contributed by atoms with van der Waals surface area (Å²) in [5, 5.41) is 0. The zero-order valence-corrected chi connectivity index (χ0v) is 13.6. The summed E-state index contributed by atoms with van der Waals surface area (Å²) in [6.45, 7) is 7.33. The Bertz CT molecular complexity index is 511. The van der Waals surface area contributed by atoms with E-state index in [0.717, 1.165) is 13.0 Å². The van der Waals surface area contributed by atoms with Crippen LogP contribution in [0.1, 0.15) is 57.1 Å². The van der Waals surface area contributed by atoms with Gasteiger partial charge in [0.15, 0.2) is 0 Å². The standard InChI is InChI=1S/C19H27NO/c1-14-8-10-15(11-9-14)13-20(16-6-4-5-7-16)18(21)17-12-19(17,2)3/h8-11,16-17H,4-7,12-13H2,1-3H3. The van der Waals surface area contributed by atoms with Crippen LogP contribution in [0.4, 0.5) is 0 Å². The first-order chi connectivity index (χ1) is 9.97. The zero-order valence-electron chi connectivity index (χ0n) is 13.6. The summed E-state index contributed by atoms with van der Waals surface area (Å²) in [5.74, 6) is 0.649. The second-order valence-electron chi connectivity index (χ2n) is 7.64. The van der Waals surface area contributed by atoms with E-state index in [9.17, 15) is 4.79 Å². The normalized spacial score (nSPS) is 24.0. The molecule has 2 nitrogen and oxygen atoms in total. The van der Waals surface area contributed by atoms with E-state index in [-0.39, 0.29) is 11.3 Å². The van der Waals surface area contributed by atoms with Crippen LogP contribution in [0.15, 0.2) is 24.3 Å². The van der Waals surface area contributed by atoms with Gasteiger partial charge in [0.1, 0.15) is 0 Å². The van der Waals surface area contributed by atoms with Crippen molar-refractivity contribution >= 4 is 5.91 Å². The van der Waals surface area contributed by atoms with E-state index in [1.807, 2.05) is 0 Å². The van der Waals surface area contributed by atoms with E-state index in [4.69, 9.17) is 0 Å². The highest BCUT2D eigenvalue weighted by Crippen LogP contribution is 2.53. The summed E-state index contributed by atoms with van der Waals surface area (Å²) in [6, 6.07) is 9.10. The Hall–Kier alpha value is -1.31. The van der Waals surface area contributed by atoms with E-state index in [0.29, 0.717) is 11.9 Å². The molecule has 1 atom stereocenters. The molecule has 114 valence electrons. The number of benzene rings is 1. The maximum Gasteiger partial charge on any atom is 0.226 e. The van der Waals surface area contributed by atoms with Crippen LogP contribution in [-0.2, 0) is 11.3 Å². The first-order valence-electron chi connectivity index (χ1n) is 8.33. The Morgan fingerprint density at radius 2 is 1.76 bits per heavy atom. The molecule has 0 aliphatic heterocycles. The average Bonchev–Trinajstić information content (AvgIpc) is 2.88. The van der Waals surface area contributed by atoms with Crippen molar-refractivity contribution in [3.05, 3.63) is 35.4 Å². The quantitative estimate of drug-likeness (QED) is 0.807. The molecular formula is C19H27NO. The van der Waals surface area contributed by atoms with Crippen LogP contribution in [0.3, 0.4) is 0 Å². The van der Waals surface area contributed by atoms with Crippen LogP contribution in [-0.4, -0.2) is 16.8 Å². The molecule has 0 bridgehead atoms. The lowest BCUT2D eigenvalue weighted by molar-refractivity contribution is -0.136. The molecule has 2 heteroatoms. The van der Waals surface area contributed by atoms with Gasteiger partial charge >= 0.3 is 0 Å². The second-order valence-corrected chi connectivity index (χ2v) is 7.64. The minimum absolute atomic E-state index is 0.223. The van der Waals surface area contributed by atoms with Crippen molar-refractivity contribution in [2.45, 2.75) is 65.5 Å². The molecule has 1 amide bonds. The van der Waals surface area contributed by atoms with Gasteiger partial charge in [0.2, 0.25) is 5.91 Å². The molecular weight excluding hydrogens is 258 g/mol. The molecule has 2 saturated carbocycles. The van der Waals surface area contributed by atoms with Crippen molar-refractivity contribution in [3.8, 4) is 0 Å². The fraction of sp³-hybridized carbons (Fsp3) is 0.632. The van der Waals surface area contributed by atoms with Crippen LogP contribution in [0.5, 0.6) is 0 Å². The van der Waals surface area contributed by atoms with Gasteiger partial charge in [-0.25, -0.2) is 0 Å². The molecule has 1 unspecified atom stereocenters. The number of hydrogen-bond acceptors (Lipinski definition) is 1. The van der Waals surface area contributed by atoms with Gasteiger partial charge in [0, 0.05) is 18.5 Å². The van der Waals surface area contributed by atoms with Crippen LogP contribution < -0.4 is 0 Å². The molecule has 0 radical (unpaired) electrons. The first-order valence-corrected chi connectivity index (χ1v) is 8.33. The van der Waals surface area contributed by atoms with Crippen molar-refractivity contribution in [1.29, 1.82) is 0 Å². The van der Waals surface area contributed by atoms with Crippen molar-refractivity contribution < 1.29 is 4.79 Å². The molecule has 2 aliphatic rings. The van der Waals surface area contributed by atoms with Gasteiger partial charge in [-0.2, -0.15) is 0 Å². The monoisotopic (exact) mass is 285 g/mol. The Morgan fingerprint density at radius 3 is 2.29 bits per heavy atom. The lowest BCUT2D eigenvalue weighted by atomic mass is 10.1. The first kappa shape index (κ1) is 14.6. The Kier molecular flexibility index (Phi) is 3.81. The number of amides is 1. The molecule has 0 N–H and O–H groups in total. The van der Waals surface area contributed by atoms with Gasteiger partial charge in [0.05, 0.1) is 0 Å². The van der Waals surface area contributed by atoms with Gasteiger partial charge in [-0.1, -0.05) is 56.5 Å². The highest BCUT2D eigenvalue weighted by molar-refractivity contribution is 5.82. The summed E-state index contributed by atoms with van der Waals surface area (Å²) in [7, 11) is 0. The largest absolute Gasteiger partial charge is 0.335 e. The van der Waals surface area contributed by atoms with E-state index in [1.54, 1.807) is 0 Å². The van der Waals surface area contributed by atoms with Gasteiger partial charge in [0.25, 0.3) is 0 Å². The molecule has 1 aromatic carbocycles. The summed E-state index contributed by atoms with van der Waals surface area (Å²) in [5.41, 5.74) is 2.77. The summed E-state index contributed by atoms with van der Waals surface area (Å²) >= 11 is 0. The molecule has 0 heterocycles. The average molecular weight is 285 g/mol. The molecule has 3 rings (SSSR count). The number of carbonyl (C=O) groups is 1. The number of nitrogens with zero attached hydrogens (tertiary/aromatic N) is 1. The minimum atomic E-state index is 0.223. The molecule has 0 spiro atoms. The van der Waals surface area contributed by atoms with Crippen molar-refractivity contribution in [1.82, 2.24) is 4.90 Å². The van der Waals surface area contributed by atoms with E-state index < -0.39 is 0 Å². The third kappa shape index (κ3) is 3.14. The third-order valence-corrected chi connectivity index (χ3v) is 5.33. The summed E-state index contributed by atoms with van der Waals surface area (Å²) in [6.07, 6.45) is 5.98. The van der Waals surface area contributed by atoms with Gasteiger partial charge < -0.3 is 4.90 Å². The second kappa shape index (κ2) is 5.47. The number of aryl methyl sites for hydroxylation is 1. The number of rotatable bonds is 4. The zero-order chi connectivity index (χ0) is 15.0. The topological polar surface area (TPSA) is 20.3 Å². The molecule has 2 aliphatic carbocycles. The van der Waals surface area contributed by atoms with E-state index in [2.05, 4.69) is 49.9 Å². The van der Waals surface area contributed by atoms with Crippen LogP contribution in [0.25, 0.3) is 0 Å². The molecule has 0 saturated heterocycles. The fourth-order valence-electron chi connectivity index (χ4n) is 3.58. The summed E-state index contributed by atoms with van der Waals surface area (Å²) in [4.78, 5) is 15.1. The lowest BCUT2D eigenvalue weighted by Crippen LogP contribution is -2.40. The van der Waals surface area contributed by atoms with Gasteiger partial charge in [-0.05, 0) is 37.2 Å². The molecule has 21 heavy (non-hydrogen) atoms. The SMILES string of the molecule is Cc1ccc(CN(C(=O)C2CC2(C)C)C2CCCC2)cc1. The molecule has 2 fully saturated rings. The van der Waals surface area contributed by atoms with Gasteiger partial charge in [-0.3, -0.25) is 4.79 Å². The number of carbonyl (C=O) groups excluding carboxylic acids is 1. The molecule has 0 aromatic heterocycles. The van der Waals surface area contributed by atoms with E-state index in [1.165, 1.54) is 36.8 Å². The van der Waals surface area contributed by atoms with Crippen molar-refractivity contribution in [3.63, 3.8) is 0 Å². The Balaban J connectivity index is 1.76. The van der Waals surface area contributed by atoms with Gasteiger partial charge in [-0.15, -0.1) is 0 Å². The fourth-order valence-corrected chi connectivity index (χ4v) is 3.58.